The van der Waals surface area contributed by atoms with Gasteiger partial charge in [0.1, 0.15) is 28.6 Å². The second kappa shape index (κ2) is 5.45. The molecule has 2 aromatic carbocycles. The van der Waals surface area contributed by atoms with Gasteiger partial charge in [-0.15, -0.1) is 10.2 Å². The number of hydrogen-bond acceptors (Lipinski definition) is 7. The molecule has 0 aliphatic carbocycles. The van der Waals surface area contributed by atoms with Crippen LogP contribution in [-0.4, -0.2) is 20.2 Å². The monoisotopic (exact) mass is 289 g/mol. The van der Waals surface area contributed by atoms with Crippen LogP contribution in [0.5, 0.6) is 17.2 Å². The molecule has 8 nitrogen and oxygen atoms in total. The minimum absolute atomic E-state index is 0.0192. The fourth-order valence-electron chi connectivity index (χ4n) is 1.57. The summed E-state index contributed by atoms with van der Waals surface area (Å²) in [5, 5.41) is 46.8. The second-order valence-electron chi connectivity index (χ2n) is 4.21. The molecule has 0 aromatic heterocycles. The lowest BCUT2D eigenvalue weighted by atomic mass is 10.2. The standard InChI is InChI=1S/C13H11N3O5/c1-7-11(17)5-4-10(13(7)19)15-14-9-3-2-8(16(20)21)6-12(9)18/h2-6,17-19H,1H3. The summed E-state index contributed by atoms with van der Waals surface area (Å²) in [4.78, 5) is 9.90. The molecule has 0 spiro atoms. The van der Waals surface area contributed by atoms with E-state index in [9.17, 15) is 25.4 Å². The highest BCUT2D eigenvalue weighted by Gasteiger charge is 2.11. The molecule has 0 unspecified atom stereocenters. The molecular formula is C13H11N3O5. The molecule has 8 heteroatoms. The lowest BCUT2D eigenvalue weighted by molar-refractivity contribution is -0.384. The van der Waals surface area contributed by atoms with Gasteiger partial charge in [-0.1, -0.05) is 0 Å². The van der Waals surface area contributed by atoms with Crippen LogP contribution in [0.4, 0.5) is 17.1 Å². The van der Waals surface area contributed by atoms with E-state index in [-0.39, 0.29) is 34.1 Å². The molecule has 0 atom stereocenters. The SMILES string of the molecule is Cc1c(O)ccc(N=Nc2ccc([N+](=O)[O-])cc2O)c1O. The van der Waals surface area contributed by atoms with E-state index in [2.05, 4.69) is 10.2 Å². The Morgan fingerprint density at radius 1 is 1.00 bits per heavy atom. The predicted molar refractivity (Wildman–Crippen MR) is 73.4 cm³/mol. The number of nitro groups is 1. The number of nitrogens with zero attached hydrogens (tertiary/aromatic N) is 3. The molecule has 21 heavy (non-hydrogen) atoms. The van der Waals surface area contributed by atoms with E-state index in [4.69, 9.17) is 0 Å². The zero-order chi connectivity index (χ0) is 15.6. The highest BCUT2D eigenvalue weighted by molar-refractivity contribution is 5.60. The Balaban J connectivity index is 2.34. The van der Waals surface area contributed by atoms with Crippen molar-refractivity contribution in [2.75, 3.05) is 0 Å². The first-order chi connectivity index (χ1) is 9.90. The summed E-state index contributed by atoms with van der Waals surface area (Å²) in [6.07, 6.45) is 0. The first kappa shape index (κ1) is 14.3. The number of azo groups is 1. The molecule has 0 saturated carbocycles. The largest absolute Gasteiger partial charge is 0.508 e. The molecule has 0 radical (unpaired) electrons. The van der Waals surface area contributed by atoms with Crippen LogP contribution in [0, 0.1) is 17.0 Å². The van der Waals surface area contributed by atoms with E-state index in [1.165, 1.54) is 31.2 Å². The number of aromatic hydroxyl groups is 3. The van der Waals surface area contributed by atoms with Gasteiger partial charge in [0.25, 0.3) is 5.69 Å². The van der Waals surface area contributed by atoms with Crippen LogP contribution < -0.4 is 0 Å². The highest BCUT2D eigenvalue weighted by atomic mass is 16.6. The van der Waals surface area contributed by atoms with Crippen LogP contribution in [0.3, 0.4) is 0 Å². The number of phenolic OH excluding ortho intramolecular Hbond substituents is 3. The maximum Gasteiger partial charge on any atom is 0.273 e. The molecule has 108 valence electrons. The van der Waals surface area contributed by atoms with Gasteiger partial charge < -0.3 is 15.3 Å². The summed E-state index contributed by atoms with van der Waals surface area (Å²) in [7, 11) is 0. The Kier molecular flexibility index (Phi) is 3.70. The summed E-state index contributed by atoms with van der Waals surface area (Å²) in [6, 6.07) is 6.07. The van der Waals surface area contributed by atoms with Gasteiger partial charge in [-0.25, -0.2) is 0 Å². The number of rotatable bonds is 3. The topological polar surface area (TPSA) is 129 Å². The molecule has 0 fully saturated rings. The van der Waals surface area contributed by atoms with Crippen molar-refractivity contribution in [2.24, 2.45) is 10.2 Å². The van der Waals surface area contributed by atoms with Crippen LogP contribution in [0.2, 0.25) is 0 Å². The smallest absolute Gasteiger partial charge is 0.273 e. The maximum absolute atomic E-state index is 10.5. The fourth-order valence-corrected chi connectivity index (χ4v) is 1.57. The summed E-state index contributed by atoms with van der Waals surface area (Å²) >= 11 is 0. The van der Waals surface area contributed by atoms with E-state index in [1.54, 1.807) is 0 Å². The third-order valence-electron chi connectivity index (χ3n) is 2.82. The van der Waals surface area contributed by atoms with Crippen molar-refractivity contribution >= 4 is 17.1 Å². The number of benzene rings is 2. The van der Waals surface area contributed by atoms with E-state index < -0.39 is 10.7 Å². The molecule has 0 amide bonds. The molecule has 2 aromatic rings. The highest BCUT2D eigenvalue weighted by Crippen LogP contribution is 2.37. The van der Waals surface area contributed by atoms with Gasteiger partial charge in [0.15, 0.2) is 0 Å². The van der Waals surface area contributed by atoms with Gasteiger partial charge >= 0.3 is 0 Å². The molecular weight excluding hydrogens is 278 g/mol. The Labute approximate surface area is 118 Å². The summed E-state index contributed by atoms with van der Waals surface area (Å²) in [5.41, 5.74) is 0.0999. The average Bonchev–Trinajstić information content (AvgIpc) is 2.45. The van der Waals surface area contributed by atoms with Crippen LogP contribution >= 0.6 is 0 Å². The third kappa shape index (κ3) is 2.89. The van der Waals surface area contributed by atoms with Crippen molar-refractivity contribution in [3.63, 3.8) is 0 Å². The van der Waals surface area contributed by atoms with Crippen molar-refractivity contribution < 1.29 is 20.2 Å². The van der Waals surface area contributed by atoms with Gasteiger partial charge in [-0.2, -0.15) is 0 Å². The summed E-state index contributed by atoms with van der Waals surface area (Å²) in [6.45, 7) is 1.51. The van der Waals surface area contributed by atoms with Gasteiger partial charge in [-0.3, -0.25) is 10.1 Å². The zero-order valence-corrected chi connectivity index (χ0v) is 10.9. The van der Waals surface area contributed by atoms with Crippen LogP contribution in [0.25, 0.3) is 0 Å². The van der Waals surface area contributed by atoms with Gasteiger partial charge in [-0.05, 0) is 25.1 Å². The Morgan fingerprint density at radius 3 is 2.24 bits per heavy atom. The Bertz CT molecular complexity index is 743. The van der Waals surface area contributed by atoms with E-state index in [0.29, 0.717) is 0 Å². The maximum atomic E-state index is 10.5. The second-order valence-corrected chi connectivity index (χ2v) is 4.21. The molecule has 0 heterocycles. The van der Waals surface area contributed by atoms with Gasteiger partial charge in [0.2, 0.25) is 0 Å². The van der Waals surface area contributed by atoms with Crippen molar-refractivity contribution in [3.05, 3.63) is 46.0 Å². The number of phenols is 3. The number of nitro benzene ring substituents is 1. The van der Waals surface area contributed by atoms with Gasteiger partial charge in [0.05, 0.1) is 11.0 Å². The lowest BCUT2D eigenvalue weighted by Crippen LogP contribution is -1.86. The van der Waals surface area contributed by atoms with E-state index in [0.717, 1.165) is 6.07 Å². The van der Waals surface area contributed by atoms with E-state index in [1.807, 2.05) is 0 Å². The minimum Gasteiger partial charge on any atom is -0.508 e. The molecule has 0 bridgehead atoms. The van der Waals surface area contributed by atoms with Crippen LogP contribution in [0.15, 0.2) is 40.6 Å². The molecule has 3 N–H and O–H groups in total. The molecule has 0 aliphatic rings. The van der Waals surface area contributed by atoms with Gasteiger partial charge in [0, 0.05) is 11.6 Å². The van der Waals surface area contributed by atoms with E-state index >= 15 is 0 Å². The van der Waals surface area contributed by atoms with Crippen molar-refractivity contribution in [1.29, 1.82) is 0 Å². The zero-order valence-electron chi connectivity index (χ0n) is 10.9. The first-order valence-corrected chi connectivity index (χ1v) is 5.81. The minimum atomic E-state index is -0.643. The van der Waals surface area contributed by atoms with Crippen molar-refractivity contribution in [3.8, 4) is 17.2 Å². The number of hydrogen-bond donors (Lipinski definition) is 3. The molecule has 2 rings (SSSR count). The molecule has 0 saturated heterocycles. The predicted octanol–water partition coefficient (Wildman–Crippen LogP) is 3.44. The van der Waals surface area contributed by atoms with Crippen molar-refractivity contribution in [2.45, 2.75) is 6.92 Å². The lowest BCUT2D eigenvalue weighted by Gasteiger charge is -2.04. The normalized spacial score (nSPS) is 10.9. The number of non-ortho nitro benzene ring substituents is 1. The Morgan fingerprint density at radius 2 is 1.62 bits per heavy atom. The van der Waals surface area contributed by atoms with Crippen LogP contribution in [-0.2, 0) is 0 Å². The Hall–Kier alpha value is -3.16. The van der Waals surface area contributed by atoms with Crippen LogP contribution in [0.1, 0.15) is 5.56 Å². The first-order valence-electron chi connectivity index (χ1n) is 5.81. The summed E-state index contributed by atoms with van der Waals surface area (Å²) < 4.78 is 0. The fraction of sp³-hybridized carbons (Fsp3) is 0.0769. The summed E-state index contributed by atoms with van der Waals surface area (Å²) in [5.74, 6) is -0.715. The third-order valence-corrected chi connectivity index (χ3v) is 2.82. The quantitative estimate of drug-likeness (QED) is 0.453. The van der Waals surface area contributed by atoms with Crippen molar-refractivity contribution in [1.82, 2.24) is 0 Å². The molecule has 0 aliphatic heterocycles. The average molecular weight is 289 g/mol.